The van der Waals surface area contributed by atoms with Crippen LogP contribution in [0.15, 0.2) is 36.9 Å². The maximum Gasteiger partial charge on any atom is 0.246 e. The maximum atomic E-state index is 15.2. The van der Waals surface area contributed by atoms with E-state index in [4.69, 9.17) is 29.6 Å². The number of rotatable bonds is 3. The first kappa shape index (κ1) is 21.1. The molecule has 3 rings (SSSR count). The number of amides is 1. The lowest BCUT2D eigenvalue weighted by Crippen LogP contribution is -2.50. The molecule has 1 aliphatic rings. The Bertz CT molecular complexity index is 1000. The largest absolute Gasteiger partial charge is 0.508 e. The highest BCUT2D eigenvalue weighted by Crippen LogP contribution is 2.39. The van der Waals surface area contributed by atoms with Gasteiger partial charge in [-0.3, -0.25) is 4.79 Å². The van der Waals surface area contributed by atoms with Crippen molar-refractivity contribution in [3.8, 4) is 16.9 Å². The highest BCUT2D eigenvalue weighted by Gasteiger charge is 2.26. The fourth-order valence-electron chi connectivity index (χ4n) is 3.37. The average Bonchev–Trinajstić information content (AvgIpc) is 2.72. The molecule has 8 heteroatoms. The van der Waals surface area contributed by atoms with Crippen molar-refractivity contribution in [3.63, 3.8) is 0 Å². The van der Waals surface area contributed by atoms with Gasteiger partial charge in [0.1, 0.15) is 10.7 Å². The first-order valence-electron chi connectivity index (χ1n) is 9.02. The molecule has 1 fully saturated rings. The van der Waals surface area contributed by atoms with Crippen molar-refractivity contribution in [1.82, 2.24) is 9.80 Å². The molecule has 0 atom stereocenters. The monoisotopic (exact) mass is 433 g/mol. The molecular weight excluding hydrogens is 413 g/mol. The van der Waals surface area contributed by atoms with Gasteiger partial charge in [-0.25, -0.2) is 4.39 Å². The van der Waals surface area contributed by atoms with E-state index in [1.54, 1.807) is 24.0 Å². The second-order valence-corrected chi connectivity index (χ2v) is 7.62. The van der Waals surface area contributed by atoms with E-state index in [1.165, 1.54) is 18.2 Å². The summed E-state index contributed by atoms with van der Waals surface area (Å²) in [7, 11) is 0. The number of anilines is 1. The number of aromatic hydroxyl groups is 1. The normalized spacial score (nSPS) is 14.0. The van der Waals surface area contributed by atoms with E-state index in [0.717, 1.165) is 5.56 Å². The summed E-state index contributed by atoms with van der Waals surface area (Å²) in [6.07, 6.45) is 1.28. The molecule has 0 spiro atoms. The second-order valence-electron chi connectivity index (χ2n) is 6.83. The molecule has 0 aromatic heterocycles. The third-order valence-corrected chi connectivity index (χ3v) is 5.81. The summed E-state index contributed by atoms with van der Waals surface area (Å²) in [6, 6.07) is 6.21. The molecule has 5 nitrogen and oxygen atoms in total. The van der Waals surface area contributed by atoms with Crippen LogP contribution in [-0.2, 0) is 4.79 Å². The molecule has 29 heavy (non-hydrogen) atoms. The number of piperazine rings is 1. The lowest BCUT2D eigenvalue weighted by Gasteiger charge is -2.36. The van der Waals surface area contributed by atoms with Crippen molar-refractivity contribution < 1.29 is 14.3 Å². The summed E-state index contributed by atoms with van der Waals surface area (Å²) in [5, 5.41) is 9.94. The molecular formula is C21H21ClFN3O2S. The molecule has 0 saturated carbocycles. The van der Waals surface area contributed by atoms with Crippen LogP contribution in [-0.4, -0.2) is 52.0 Å². The van der Waals surface area contributed by atoms with Crippen LogP contribution in [0.5, 0.6) is 5.75 Å². The fraction of sp³-hybridized carbons (Fsp3) is 0.238. The number of aryl methyl sites for hydroxylation is 1. The van der Waals surface area contributed by atoms with Crippen LogP contribution in [0.3, 0.4) is 0 Å². The second kappa shape index (κ2) is 8.39. The standard InChI is InChI=1S/C21H21ClFN3O2S/c1-3-17(28)25-6-8-26(9-7-25)21(29)15-11-16(22)18(19(23)20(15)24)14-10-13(27)5-4-12(14)2/h3-5,10-11,27H,1,6-9,24H2,2H3. The number of phenols is 1. The Morgan fingerprint density at radius 1 is 1.28 bits per heavy atom. The van der Waals surface area contributed by atoms with Gasteiger partial charge in [-0.2, -0.15) is 0 Å². The Labute approximate surface area is 179 Å². The van der Waals surface area contributed by atoms with Crippen LogP contribution in [0.25, 0.3) is 11.1 Å². The lowest BCUT2D eigenvalue weighted by molar-refractivity contribution is -0.127. The van der Waals surface area contributed by atoms with E-state index in [2.05, 4.69) is 6.58 Å². The topological polar surface area (TPSA) is 69.8 Å². The number of carbonyl (C=O) groups excluding carboxylic acids is 1. The van der Waals surface area contributed by atoms with Gasteiger partial charge in [0, 0.05) is 37.3 Å². The van der Waals surface area contributed by atoms with Gasteiger partial charge in [0.25, 0.3) is 0 Å². The summed E-state index contributed by atoms with van der Waals surface area (Å²) in [6.45, 7) is 7.27. The number of carbonyl (C=O) groups is 1. The number of nitrogen functional groups attached to an aromatic ring is 1. The van der Waals surface area contributed by atoms with Gasteiger partial charge in [0.05, 0.1) is 10.7 Å². The van der Waals surface area contributed by atoms with Crippen LogP contribution >= 0.6 is 23.8 Å². The first-order valence-corrected chi connectivity index (χ1v) is 9.81. The van der Waals surface area contributed by atoms with Crippen LogP contribution in [0.1, 0.15) is 11.1 Å². The number of hydrogen-bond acceptors (Lipinski definition) is 4. The number of nitrogens with zero attached hydrogens (tertiary/aromatic N) is 2. The van der Waals surface area contributed by atoms with Gasteiger partial charge >= 0.3 is 0 Å². The molecule has 3 N–H and O–H groups in total. The highest BCUT2D eigenvalue weighted by atomic mass is 35.5. The number of thiocarbonyl (C=S) groups is 1. The Kier molecular flexibility index (Phi) is 6.10. The molecule has 0 unspecified atom stereocenters. The number of nitrogens with two attached hydrogens (primary N) is 1. The summed E-state index contributed by atoms with van der Waals surface area (Å²) in [4.78, 5) is 15.7. The van der Waals surface area contributed by atoms with E-state index in [0.29, 0.717) is 42.3 Å². The van der Waals surface area contributed by atoms with Gasteiger partial charge in [0.15, 0.2) is 5.82 Å². The Morgan fingerprint density at radius 3 is 2.52 bits per heavy atom. The van der Waals surface area contributed by atoms with Crippen LogP contribution in [0.2, 0.25) is 5.02 Å². The van der Waals surface area contributed by atoms with Crippen molar-refractivity contribution in [3.05, 3.63) is 58.9 Å². The van der Waals surface area contributed by atoms with E-state index >= 15 is 4.39 Å². The summed E-state index contributed by atoms with van der Waals surface area (Å²) in [5.74, 6) is -0.801. The lowest BCUT2D eigenvalue weighted by atomic mass is 9.97. The minimum Gasteiger partial charge on any atom is -0.508 e. The number of hydrogen-bond donors (Lipinski definition) is 2. The third-order valence-electron chi connectivity index (χ3n) is 5.03. The van der Waals surface area contributed by atoms with E-state index in [1.807, 2.05) is 4.90 Å². The Balaban J connectivity index is 1.92. The van der Waals surface area contributed by atoms with Crippen molar-refractivity contribution in [1.29, 1.82) is 0 Å². The quantitative estimate of drug-likeness (QED) is 0.438. The minimum absolute atomic E-state index is 0.00572. The van der Waals surface area contributed by atoms with Crippen molar-refractivity contribution in [2.45, 2.75) is 6.92 Å². The van der Waals surface area contributed by atoms with E-state index < -0.39 is 5.82 Å². The zero-order valence-electron chi connectivity index (χ0n) is 15.9. The SMILES string of the molecule is C=CC(=O)N1CCN(C(=S)c2cc(Cl)c(-c3cc(O)ccc3C)c(F)c2N)CC1. The van der Waals surface area contributed by atoms with Crippen molar-refractivity contribution >= 4 is 40.4 Å². The molecule has 152 valence electrons. The molecule has 0 bridgehead atoms. The third kappa shape index (κ3) is 4.06. The fourth-order valence-corrected chi connectivity index (χ4v) is 4.01. The Morgan fingerprint density at radius 2 is 1.90 bits per heavy atom. The summed E-state index contributed by atoms with van der Waals surface area (Å²) in [5.41, 5.74) is 7.69. The maximum absolute atomic E-state index is 15.2. The molecule has 1 amide bonds. The molecule has 2 aromatic rings. The van der Waals surface area contributed by atoms with Gasteiger partial charge in [-0.05, 0) is 42.3 Å². The minimum atomic E-state index is -0.677. The van der Waals surface area contributed by atoms with Gasteiger partial charge < -0.3 is 20.6 Å². The van der Waals surface area contributed by atoms with Crippen molar-refractivity contribution in [2.24, 2.45) is 0 Å². The number of halogens is 2. The molecule has 0 radical (unpaired) electrons. The Hall–Kier alpha value is -2.64. The van der Waals surface area contributed by atoms with Gasteiger partial charge in [-0.1, -0.05) is 36.5 Å². The predicted molar refractivity (Wildman–Crippen MR) is 118 cm³/mol. The van der Waals surface area contributed by atoms with Gasteiger partial charge in [0.2, 0.25) is 5.91 Å². The van der Waals surface area contributed by atoms with Crippen LogP contribution < -0.4 is 5.73 Å². The highest BCUT2D eigenvalue weighted by molar-refractivity contribution is 7.80. The first-order chi connectivity index (χ1) is 13.7. The molecule has 2 aromatic carbocycles. The van der Waals surface area contributed by atoms with E-state index in [9.17, 15) is 9.90 Å². The zero-order valence-corrected chi connectivity index (χ0v) is 17.5. The number of benzene rings is 2. The van der Waals surface area contributed by atoms with Crippen LogP contribution in [0, 0.1) is 12.7 Å². The summed E-state index contributed by atoms with van der Waals surface area (Å²) < 4.78 is 15.2. The van der Waals surface area contributed by atoms with Crippen molar-refractivity contribution in [2.75, 3.05) is 31.9 Å². The molecule has 1 heterocycles. The van der Waals surface area contributed by atoms with Crippen LogP contribution in [0.4, 0.5) is 10.1 Å². The zero-order chi connectivity index (χ0) is 21.3. The number of phenolic OH excluding ortho intramolecular Hbond substituents is 1. The predicted octanol–water partition coefficient (Wildman–Crippen LogP) is 3.75. The smallest absolute Gasteiger partial charge is 0.246 e. The van der Waals surface area contributed by atoms with E-state index in [-0.39, 0.29) is 27.9 Å². The van der Waals surface area contributed by atoms with Gasteiger partial charge in [-0.15, -0.1) is 0 Å². The summed E-state index contributed by atoms with van der Waals surface area (Å²) >= 11 is 12.0. The molecule has 1 saturated heterocycles. The molecule has 0 aliphatic carbocycles. The molecule has 1 aliphatic heterocycles. The average molecular weight is 434 g/mol.